The Hall–Kier alpha value is -2.12. The standard InChI is InChI=1S/C10H7N3O/c11-6-7-5-10(14-12)13-9-4-2-1-3-8(7)9/h1-5H,12H2. The maximum Gasteiger partial charge on any atom is 0.239 e. The molecule has 2 N–H and O–H groups in total. The highest BCUT2D eigenvalue weighted by Crippen LogP contribution is 2.20. The number of pyridine rings is 1. The van der Waals surface area contributed by atoms with E-state index in [0.717, 1.165) is 5.39 Å². The molecule has 0 amide bonds. The van der Waals surface area contributed by atoms with E-state index in [4.69, 9.17) is 11.2 Å². The second kappa shape index (κ2) is 3.32. The zero-order valence-corrected chi connectivity index (χ0v) is 7.27. The number of benzene rings is 1. The van der Waals surface area contributed by atoms with Gasteiger partial charge in [-0.05, 0) is 6.07 Å². The number of para-hydroxylation sites is 1. The fourth-order valence-electron chi connectivity index (χ4n) is 1.30. The van der Waals surface area contributed by atoms with Crippen molar-refractivity contribution in [1.29, 1.82) is 5.26 Å². The maximum absolute atomic E-state index is 8.88. The third kappa shape index (κ3) is 1.26. The summed E-state index contributed by atoms with van der Waals surface area (Å²) in [5.74, 6) is 5.24. The van der Waals surface area contributed by atoms with Crippen LogP contribution in [0.3, 0.4) is 0 Å². The Morgan fingerprint density at radius 2 is 2.14 bits per heavy atom. The van der Waals surface area contributed by atoms with Crippen molar-refractivity contribution in [2.75, 3.05) is 0 Å². The van der Waals surface area contributed by atoms with Gasteiger partial charge in [0.25, 0.3) is 0 Å². The van der Waals surface area contributed by atoms with Crippen LogP contribution in [0, 0.1) is 11.3 Å². The summed E-state index contributed by atoms with van der Waals surface area (Å²) in [7, 11) is 0. The molecule has 0 aliphatic carbocycles. The van der Waals surface area contributed by atoms with E-state index in [0.29, 0.717) is 11.1 Å². The molecule has 0 saturated heterocycles. The molecule has 4 heteroatoms. The van der Waals surface area contributed by atoms with Crippen molar-refractivity contribution in [3.05, 3.63) is 35.9 Å². The van der Waals surface area contributed by atoms with Crippen molar-refractivity contribution in [3.8, 4) is 11.9 Å². The monoisotopic (exact) mass is 185 g/mol. The van der Waals surface area contributed by atoms with Crippen LogP contribution in [0.4, 0.5) is 0 Å². The van der Waals surface area contributed by atoms with Crippen LogP contribution in [0.15, 0.2) is 30.3 Å². The van der Waals surface area contributed by atoms with Crippen LogP contribution >= 0.6 is 0 Å². The van der Waals surface area contributed by atoms with Crippen LogP contribution in [0.2, 0.25) is 0 Å². The molecule has 0 saturated carbocycles. The summed E-state index contributed by atoms with van der Waals surface area (Å²) in [6.07, 6.45) is 0. The van der Waals surface area contributed by atoms with Crippen molar-refractivity contribution in [2.45, 2.75) is 0 Å². The van der Waals surface area contributed by atoms with Crippen LogP contribution < -0.4 is 10.7 Å². The Morgan fingerprint density at radius 1 is 1.36 bits per heavy atom. The summed E-state index contributed by atoms with van der Waals surface area (Å²) in [6.45, 7) is 0. The first kappa shape index (κ1) is 8.48. The van der Waals surface area contributed by atoms with Gasteiger partial charge in [-0.2, -0.15) is 11.2 Å². The van der Waals surface area contributed by atoms with Gasteiger partial charge in [-0.25, -0.2) is 4.98 Å². The topological polar surface area (TPSA) is 71.9 Å². The van der Waals surface area contributed by atoms with Gasteiger partial charge in [0, 0.05) is 11.5 Å². The number of nitrogens with two attached hydrogens (primary N) is 1. The fraction of sp³-hybridized carbons (Fsp3) is 0. The molecule has 2 rings (SSSR count). The number of fused-ring (bicyclic) bond motifs is 1. The Morgan fingerprint density at radius 3 is 2.86 bits per heavy atom. The second-order valence-corrected chi connectivity index (χ2v) is 2.75. The van der Waals surface area contributed by atoms with Crippen LogP contribution in [-0.2, 0) is 0 Å². The predicted octanol–water partition coefficient (Wildman–Crippen LogP) is 1.36. The number of rotatable bonds is 1. The lowest BCUT2D eigenvalue weighted by molar-refractivity contribution is 0.322. The lowest BCUT2D eigenvalue weighted by Crippen LogP contribution is -2.04. The highest BCUT2D eigenvalue weighted by atomic mass is 16.6. The quantitative estimate of drug-likeness (QED) is 0.681. The molecule has 0 atom stereocenters. The van der Waals surface area contributed by atoms with Gasteiger partial charge in [-0.3, -0.25) is 0 Å². The molecule has 14 heavy (non-hydrogen) atoms. The average molecular weight is 185 g/mol. The summed E-state index contributed by atoms with van der Waals surface area (Å²) >= 11 is 0. The first-order valence-corrected chi connectivity index (χ1v) is 4.02. The van der Waals surface area contributed by atoms with E-state index in [1.165, 1.54) is 6.07 Å². The van der Waals surface area contributed by atoms with Crippen molar-refractivity contribution in [3.63, 3.8) is 0 Å². The largest absolute Gasteiger partial charge is 0.391 e. The van der Waals surface area contributed by atoms with Gasteiger partial charge < -0.3 is 4.84 Å². The molecule has 0 aliphatic rings. The molecular weight excluding hydrogens is 178 g/mol. The molecule has 1 aromatic carbocycles. The molecule has 0 aliphatic heterocycles. The predicted molar refractivity (Wildman–Crippen MR) is 51.3 cm³/mol. The molecular formula is C10H7N3O. The highest BCUT2D eigenvalue weighted by molar-refractivity contribution is 5.85. The number of hydrogen-bond acceptors (Lipinski definition) is 4. The fourth-order valence-corrected chi connectivity index (χ4v) is 1.30. The van der Waals surface area contributed by atoms with Crippen molar-refractivity contribution in [1.82, 2.24) is 4.98 Å². The lowest BCUT2D eigenvalue weighted by atomic mass is 10.1. The molecule has 1 heterocycles. The molecule has 0 bridgehead atoms. The zero-order chi connectivity index (χ0) is 9.97. The van der Waals surface area contributed by atoms with E-state index < -0.39 is 0 Å². The molecule has 0 spiro atoms. The summed E-state index contributed by atoms with van der Waals surface area (Å²) in [5, 5.41) is 9.68. The molecule has 68 valence electrons. The Bertz CT molecular complexity index is 516. The van der Waals surface area contributed by atoms with Crippen LogP contribution in [0.5, 0.6) is 5.88 Å². The molecule has 4 nitrogen and oxygen atoms in total. The van der Waals surface area contributed by atoms with E-state index in [2.05, 4.69) is 15.9 Å². The Balaban J connectivity index is 2.82. The summed E-state index contributed by atoms with van der Waals surface area (Å²) in [6, 6.07) is 10.9. The van der Waals surface area contributed by atoms with Gasteiger partial charge in [0.2, 0.25) is 5.88 Å². The van der Waals surface area contributed by atoms with Gasteiger partial charge in [0.15, 0.2) is 0 Å². The molecule has 0 radical (unpaired) electrons. The van der Waals surface area contributed by atoms with Crippen LogP contribution in [0.1, 0.15) is 5.56 Å². The molecule has 0 unspecified atom stereocenters. The van der Waals surface area contributed by atoms with Crippen LogP contribution in [-0.4, -0.2) is 4.98 Å². The third-order valence-corrected chi connectivity index (χ3v) is 1.93. The third-order valence-electron chi connectivity index (χ3n) is 1.93. The Kier molecular flexibility index (Phi) is 2.01. The first-order valence-electron chi connectivity index (χ1n) is 4.02. The zero-order valence-electron chi connectivity index (χ0n) is 7.27. The SMILES string of the molecule is N#Cc1cc(ON)nc2ccccc12. The lowest BCUT2D eigenvalue weighted by Gasteiger charge is -2.01. The van der Waals surface area contributed by atoms with E-state index >= 15 is 0 Å². The van der Waals surface area contributed by atoms with E-state index in [1.54, 1.807) is 6.07 Å². The number of nitrogens with zero attached hydrogens (tertiary/aromatic N) is 2. The normalized spacial score (nSPS) is 9.71. The summed E-state index contributed by atoms with van der Waals surface area (Å²) < 4.78 is 0. The van der Waals surface area contributed by atoms with Gasteiger partial charge in [0.1, 0.15) is 6.07 Å². The second-order valence-electron chi connectivity index (χ2n) is 2.75. The highest BCUT2D eigenvalue weighted by Gasteiger charge is 2.04. The molecule has 1 aromatic heterocycles. The molecule has 0 fully saturated rings. The summed E-state index contributed by atoms with van der Waals surface area (Å²) in [4.78, 5) is 8.61. The van der Waals surface area contributed by atoms with Gasteiger partial charge in [-0.15, -0.1) is 0 Å². The average Bonchev–Trinajstić information content (AvgIpc) is 2.27. The maximum atomic E-state index is 8.88. The Labute approximate surface area is 80.5 Å². The smallest absolute Gasteiger partial charge is 0.239 e. The van der Waals surface area contributed by atoms with Crippen molar-refractivity contribution in [2.24, 2.45) is 5.90 Å². The number of aromatic nitrogens is 1. The minimum atomic E-state index is 0.250. The van der Waals surface area contributed by atoms with Crippen LogP contribution in [0.25, 0.3) is 10.9 Å². The van der Waals surface area contributed by atoms with Crippen molar-refractivity contribution < 1.29 is 4.84 Å². The van der Waals surface area contributed by atoms with Gasteiger partial charge in [-0.1, -0.05) is 18.2 Å². The number of hydrogen-bond donors (Lipinski definition) is 1. The van der Waals surface area contributed by atoms with Gasteiger partial charge in [0.05, 0.1) is 11.1 Å². The van der Waals surface area contributed by atoms with E-state index in [-0.39, 0.29) is 5.88 Å². The minimum Gasteiger partial charge on any atom is -0.391 e. The van der Waals surface area contributed by atoms with E-state index in [9.17, 15) is 0 Å². The van der Waals surface area contributed by atoms with Crippen molar-refractivity contribution >= 4 is 10.9 Å². The first-order chi connectivity index (χ1) is 6.85. The summed E-state index contributed by atoms with van der Waals surface area (Å²) in [5.41, 5.74) is 1.21. The number of nitriles is 1. The molecule has 2 aromatic rings. The van der Waals surface area contributed by atoms with Gasteiger partial charge >= 0.3 is 0 Å². The van der Waals surface area contributed by atoms with E-state index in [1.807, 2.05) is 18.2 Å². The minimum absolute atomic E-state index is 0.250.